The maximum atomic E-state index is 11.0. The first-order valence-corrected chi connectivity index (χ1v) is 5.87. The van der Waals surface area contributed by atoms with Gasteiger partial charge in [-0.15, -0.1) is 0 Å². The summed E-state index contributed by atoms with van der Waals surface area (Å²) in [4.78, 5) is 21.8. The Morgan fingerprint density at radius 2 is 1.60 bits per heavy atom. The summed E-state index contributed by atoms with van der Waals surface area (Å²) in [6, 6.07) is 6.24. The largest absolute Gasteiger partial charge is 0.478 e. The van der Waals surface area contributed by atoms with Gasteiger partial charge in [-0.25, -0.2) is 9.59 Å². The van der Waals surface area contributed by atoms with Gasteiger partial charge in [-0.2, -0.15) is 0 Å². The molecular formula is C14H14N2O4. The van der Waals surface area contributed by atoms with Crippen LogP contribution >= 0.6 is 0 Å². The van der Waals surface area contributed by atoms with Gasteiger partial charge in [-0.1, -0.05) is 18.2 Å². The molecule has 20 heavy (non-hydrogen) atoms. The van der Waals surface area contributed by atoms with Gasteiger partial charge in [0.25, 0.3) is 0 Å². The summed E-state index contributed by atoms with van der Waals surface area (Å²) in [6.07, 6.45) is 3.18. The number of aromatic carboxylic acids is 1. The van der Waals surface area contributed by atoms with Gasteiger partial charge in [0.1, 0.15) is 5.66 Å². The molecule has 0 fully saturated rings. The van der Waals surface area contributed by atoms with Crippen LogP contribution in [0.2, 0.25) is 0 Å². The van der Waals surface area contributed by atoms with E-state index in [1.807, 2.05) is 0 Å². The maximum Gasteiger partial charge on any atom is 0.335 e. The van der Waals surface area contributed by atoms with Gasteiger partial charge in [-0.3, -0.25) is 0 Å². The fourth-order valence-electron chi connectivity index (χ4n) is 2.10. The Balaban J connectivity index is 2.35. The summed E-state index contributed by atoms with van der Waals surface area (Å²) < 4.78 is 0. The number of rotatable bonds is 3. The summed E-state index contributed by atoms with van der Waals surface area (Å²) in [5.41, 5.74) is 11.9. The SMILES string of the molecule is NC1(N)CC(c2ccc(C(=O)O)cc2)=CC=C1C(=O)O. The minimum atomic E-state index is -1.44. The second kappa shape index (κ2) is 4.92. The van der Waals surface area contributed by atoms with Gasteiger partial charge in [-0.05, 0) is 29.3 Å². The van der Waals surface area contributed by atoms with Crippen molar-refractivity contribution in [2.75, 3.05) is 0 Å². The Hall–Kier alpha value is -2.44. The molecule has 0 spiro atoms. The fraction of sp³-hybridized carbons (Fsp3) is 0.143. The second-order valence-electron chi connectivity index (χ2n) is 4.68. The van der Waals surface area contributed by atoms with Crippen LogP contribution in [0.15, 0.2) is 42.0 Å². The van der Waals surface area contributed by atoms with Crippen LogP contribution in [-0.4, -0.2) is 27.8 Å². The lowest BCUT2D eigenvalue weighted by molar-refractivity contribution is -0.133. The predicted molar refractivity (Wildman–Crippen MR) is 72.8 cm³/mol. The van der Waals surface area contributed by atoms with E-state index >= 15 is 0 Å². The van der Waals surface area contributed by atoms with Crippen LogP contribution in [0.4, 0.5) is 0 Å². The summed E-state index contributed by atoms with van der Waals surface area (Å²) in [5, 5.41) is 17.8. The van der Waals surface area contributed by atoms with E-state index < -0.39 is 17.6 Å². The van der Waals surface area contributed by atoms with Gasteiger partial charge in [0.05, 0.1) is 11.1 Å². The second-order valence-corrected chi connectivity index (χ2v) is 4.68. The maximum absolute atomic E-state index is 11.0. The van der Waals surface area contributed by atoms with Crippen molar-refractivity contribution >= 4 is 17.5 Å². The minimum Gasteiger partial charge on any atom is -0.478 e. The number of hydrogen-bond donors (Lipinski definition) is 4. The lowest BCUT2D eigenvalue weighted by Crippen LogP contribution is -2.53. The Morgan fingerprint density at radius 1 is 1.00 bits per heavy atom. The third kappa shape index (κ3) is 2.61. The molecule has 0 amide bonds. The molecule has 0 saturated carbocycles. The molecule has 1 aromatic carbocycles. The Morgan fingerprint density at radius 3 is 2.05 bits per heavy atom. The zero-order valence-electron chi connectivity index (χ0n) is 10.5. The van der Waals surface area contributed by atoms with Crippen LogP contribution in [0, 0.1) is 0 Å². The van der Waals surface area contributed by atoms with E-state index in [9.17, 15) is 9.59 Å². The normalized spacial score (nSPS) is 17.1. The highest BCUT2D eigenvalue weighted by atomic mass is 16.4. The van der Waals surface area contributed by atoms with Gasteiger partial charge >= 0.3 is 11.9 Å². The molecule has 6 N–H and O–H groups in total. The molecule has 6 nitrogen and oxygen atoms in total. The first-order valence-electron chi connectivity index (χ1n) is 5.87. The van der Waals surface area contributed by atoms with Crippen LogP contribution in [-0.2, 0) is 4.79 Å². The van der Waals surface area contributed by atoms with Crippen molar-refractivity contribution in [2.24, 2.45) is 11.5 Å². The van der Waals surface area contributed by atoms with Crippen molar-refractivity contribution in [1.82, 2.24) is 0 Å². The average Bonchev–Trinajstić information content (AvgIpc) is 2.37. The molecule has 0 bridgehead atoms. The van der Waals surface area contributed by atoms with E-state index in [4.69, 9.17) is 21.7 Å². The van der Waals surface area contributed by atoms with Crippen molar-refractivity contribution in [2.45, 2.75) is 12.1 Å². The molecule has 6 heteroatoms. The zero-order chi connectivity index (χ0) is 14.9. The van der Waals surface area contributed by atoms with E-state index in [0.717, 1.165) is 11.1 Å². The third-order valence-corrected chi connectivity index (χ3v) is 3.17. The monoisotopic (exact) mass is 274 g/mol. The van der Waals surface area contributed by atoms with Crippen LogP contribution in [0.25, 0.3) is 5.57 Å². The minimum absolute atomic E-state index is 0.0524. The number of benzene rings is 1. The number of carboxylic acids is 2. The van der Waals surface area contributed by atoms with Crippen LogP contribution < -0.4 is 11.5 Å². The smallest absolute Gasteiger partial charge is 0.335 e. The van der Waals surface area contributed by atoms with Crippen LogP contribution in [0.3, 0.4) is 0 Å². The van der Waals surface area contributed by atoms with E-state index in [1.165, 1.54) is 18.2 Å². The Labute approximate surface area is 115 Å². The molecule has 0 aliphatic heterocycles. The van der Waals surface area contributed by atoms with E-state index in [0.29, 0.717) is 0 Å². The van der Waals surface area contributed by atoms with Crippen molar-refractivity contribution in [3.63, 3.8) is 0 Å². The Bertz CT molecular complexity index is 627. The van der Waals surface area contributed by atoms with Gasteiger partial charge in [0.15, 0.2) is 0 Å². The van der Waals surface area contributed by atoms with Crippen molar-refractivity contribution in [3.8, 4) is 0 Å². The summed E-state index contributed by atoms with van der Waals surface area (Å²) in [7, 11) is 0. The standard InChI is InChI=1S/C14H14N2O4/c15-14(16)7-10(5-6-11(14)13(19)20)8-1-3-9(4-2-8)12(17)18/h1-6H,7,15-16H2,(H,17,18)(H,19,20). The molecule has 0 radical (unpaired) electrons. The molecule has 0 heterocycles. The molecule has 1 aliphatic carbocycles. The molecule has 0 atom stereocenters. The quantitative estimate of drug-likeness (QED) is 0.604. The molecule has 0 unspecified atom stereocenters. The number of hydrogen-bond acceptors (Lipinski definition) is 4. The molecule has 0 saturated heterocycles. The summed E-state index contributed by atoms with van der Waals surface area (Å²) in [5.74, 6) is -2.15. The number of carbonyl (C=O) groups is 2. The molecule has 2 rings (SSSR count). The number of allylic oxidation sites excluding steroid dienone is 2. The van der Waals surface area contributed by atoms with E-state index in [-0.39, 0.29) is 17.6 Å². The lowest BCUT2D eigenvalue weighted by atomic mass is 9.85. The van der Waals surface area contributed by atoms with E-state index in [1.54, 1.807) is 18.2 Å². The van der Waals surface area contributed by atoms with Gasteiger partial charge in [0.2, 0.25) is 0 Å². The topological polar surface area (TPSA) is 127 Å². The zero-order valence-corrected chi connectivity index (χ0v) is 10.5. The Kier molecular flexibility index (Phi) is 3.44. The van der Waals surface area contributed by atoms with Gasteiger partial charge < -0.3 is 21.7 Å². The predicted octanol–water partition coefficient (Wildman–Crippen LogP) is 0.797. The molecule has 1 aromatic rings. The van der Waals surface area contributed by atoms with E-state index in [2.05, 4.69) is 0 Å². The van der Waals surface area contributed by atoms with Gasteiger partial charge in [0, 0.05) is 6.42 Å². The van der Waals surface area contributed by atoms with Crippen LogP contribution in [0.1, 0.15) is 22.3 Å². The lowest BCUT2D eigenvalue weighted by Gasteiger charge is -2.29. The highest BCUT2D eigenvalue weighted by Gasteiger charge is 2.33. The highest BCUT2D eigenvalue weighted by Crippen LogP contribution is 2.30. The van der Waals surface area contributed by atoms with Crippen molar-refractivity contribution in [1.29, 1.82) is 0 Å². The van der Waals surface area contributed by atoms with Crippen LogP contribution in [0.5, 0.6) is 0 Å². The first-order chi connectivity index (χ1) is 9.31. The number of aliphatic carboxylic acids is 1. The average molecular weight is 274 g/mol. The molecule has 0 aromatic heterocycles. The highest BCUT2D eigenvalue weighted by molar-refractivity contribution is 5.92. The first kappa shape index (κ1) is 14.0. The van der Waals surface area contributed by atoms with Crippen molar-refractivity contribution in [3.05, 3.63) is 53.1 Å². The summed E-state index contributed by atoms with van der Waals surface area (Å²) >= 11 is 0. The fourth-order valence-corrected chi connectivity index (χ4v) is 2.10. The number of carboxylic acid groups (broad SMARTS) is 2. The van der Waals surface area contributed by atoms with Crippen molar-refractivity contribution < 1.29 is 19.8 Å². The summed E-state index contributed by atoms with van der Waals surface area (Å²) in [6.45, 7) is 0. The third-order valence-electron chi connectivity index (χ3n) is 3.17. The molecule has 104 valence electrons. The molecule has 1 aliphatic rings. The number of nitrogens with two attached hydrogens (primary N) is 2. The molecular weight excluding hydrogens is 260 g/mol.